The lowest BCUT2D eigenvalue weighted by molar-refractivity contribution is 0.193. The van der Waals surface area contributed by atoms with Crippen molar-refractivity contribution in [3.8, 4) is 0 Å². The molecular weight excluding hydrogens is 397 g/mol. The van der Waals surface area contributed by atoms with E-state index in [2.05, 4.69) is 4.52 Å². The molecule has 0 aliphatic rings. The van der Waals surface area contributed by atoms with Crippen LogP contribution in [0.4, 0.5) is 0 Å². The molecule has 0 radical (unpaired) electrons. The van der Waals surface area contributed by atoms with E-state index in [1.54, 1.807) is 0 Å². The summed E-state index contributed by atoms with van der Waals surface area (Å²) in [5.41, 5.74) is 5.51. The van der Waals surface area contributed by atoms with E-state index in [1.165, 1.54) is 122 Å². The second kappa shape index (κ2) is 23.7. The first kappa shape index (κ1) is 30.1. The minimum atomic E-state index is -4.27. The Morgan fingerprint density at radius 3 is 0.933 bits per heavy atom. The Hall–Kier alpha value is 0.0700. The number of phosphoric acid groups is 1. The SMILES string of the molecule is NCCCCCCCCCCCCCCCCCCCCCCCCOP(=O)(O)O. The second-order valence-electron chi connectivity index (χ2n) is 8.89. The van der Waals surface area contributed by atoms with Crippen LogP contribution in [0, 0.1) is 0 Å². The van der Waals surface area contributed by atoms with E-state index in [1.807, 2.05) is 0 Å². The molecule has 5 nitrogen and oxygen atoms in total. The quantitative estimate of drug-likeness (QED) is 0.0983. The standard InChI is InChI=1S/C24H52NO4P/c25-23-21-19-17-15-13-11-9-7-5-3-1-2-4-6-8-10-12-14-16-18-20-22-24-29-30(26,27)28/h1-25H2,(H2,26,27,28). The molecule has 0 saturated carbocycles. The largest absolute Gasteiger partial charge is 0.469 e. The Balaban J connectivity index is 3.03. The summed E-state index contributed by atoms with van der Waals surface area (Å²) in [5, 5.41) is 0. The van der Waals surface area contributed by atoms with E-state index in [-0.39, 0.29) is 6.61 Å². The Labute approximate surface area is 187 Å². The van der Waals surface area contributed by atoms with E-state index in [4.69, 9.17) is 15.5 Å². The molecule has 30 heavy (non-hydrogen) atoms. The lowest BCUT2D eigenvalue weighted by Gasteiger charge is -2.05. The van der Waals surface area contributed by atoms with Crippen molar-refractivity contribution in [2.24, 2.45) is 5.73 Å². The van der Waals surface area contributed by atoms with Crippen LogP contribution < -0.4 is 5.73 Å². The van der Waals surface area contributed by atoms with Crippen molar-refractivity contribution in [3.05, 3.63) is 0 Å². The number of nitrogens with two attached hydrogens (primary N) is 1. The lowest BCUT2D eigenvalue weighted by Crippen LogP contribution is -1.97. The molecule has 0 rings (SSSR count). The molecule has 0 amide bonds. The Kier molecular flexibility index (Phi) is 23.8. The zero-order chi connectivity index (χ0) is 22.2. The van der Waals surface area contributed by atoms with Crippen LogP contribution in [0.3, 0.4) is 0 Å². The fourth-order valence-corrected chi connectivity index (χ4v) is 4.33. The topological polar surface area (TPSA) is 92.8 Å². The molecule has 0 aliphatic heterocycles. The smallest absolute Gasteiger partial charge is 0.330 e. The van der Waals surface area contributed by atoms with E-state index >= 15 is 0 Å². The van der Waals surface area contributed by atoms with Crippen LogP contribution in [0.2, 0.25) is 0 Å². The van der Waals surface area contributed by atoms with Crippen molar-refractivity contribution >= 4 is 7.82 Å². The maximum atomic E-state index is 10.5. The highest BCUT2D eigenvalue weighted by Gasteiger charge is 2.12. The molecule has 0 spiro atoms. The molecule has 0 heterocycles. The normalized spacial score (nSPS) is 12.0. The van der Waals surface area contributed by atoms with Crippen molar-refractivity contribution in [1.29, 1.82) is 0 Å². The maximum Gasteiger partial charge on any atom is 0.469 e. The summed E-state index contributed by atoms with van der Waals surface area (Å²) in [6.45, 7) is 1.02. The number of hydrogen-bond acceptors (Lipinski definition) is 3. The molecule has 0 saturated heterocycles. The Bertz CT molecular complexity index is 376. The number of phosphoric ester groups is 1. The molecule has 0 bridgehead atoms. The van der Waals surface area contributed by atoms with Gasteiger partial charge in [-0.2, -0.15) is 0 Å². The summed E-state index contributed by atoms with van der Waals surface area (Å²) in [5.74, 6) is 0. The summed E-state index contributed by atoms with van der Waals surface area (Å²) in [6, 6.07) is 0. The van der Waals surface area contributed by atoms with Gasteiger partial charge in [-0.25, -0.2) is 4.57 Å². The van der Waals surface area contributed by atoms with Gasteiger partial charge in [0.25, 0.3) is 0 Å². The lowest BCUT2D eigenvalue weighted by atomic mass is 10.0. The van der Waals surface area contributed by atoms with Gasteiger partial charge < -0.3 is 15.5 Å². The summed E-state index contributed by atoms with van der Waals surface area (Å²) in [4.78, 5) is 17.2. The second-order valence-corrected chi connectivity index (χ2v) is 10.1. The molecule has 0 atom stereocenters. The van der Waals surface area contributed by atoms with E-state index in [9.17, 15) is 4.57 Å². The Morgan fingerprint density at radius 2 is 0.700 bits per heavy atom. The molecule has 0 aromatic heterocycles. The van der Waals surface area contributed by atoms with Crippen LogP contribution in [0.1, 0.15) is 141 Å². The van der Waals surface area contributed by atoms with Crippen LogP contribution in [-0.2, 0) is 9.09 Å². The molecule has 0 fully saturated rings. The van der Waals surface area contributed by atoms with Gasteiger partial charge >= 0.3 is 7.82 Å². The van der Waals surface area contributed by atoms with Gasteiger partial charge in [0, 0.05) is 0 Å². The zero-order valence-electron chi connectivity index (χ0n) is 19.7. The van der Waals surface area contributed by atoms with Gasteiger partial charge in [0.05, 0.1) is 6.61 Å². The first-order valence-corrected chi connectivity index (χ1v) is 14.5. The van der Waals surface area contributed by atoms with Gasteiger partial charge in [-0.1, -0.05) is 128 Å². The molecule has 0 unspecified atom stereocenters. The molecule has 182 valence electrons. The van der Waals surface area contributed by atoms with Gasteiger partial charge in [-0.15, -0.1) is 0 Å². The van der Waals surface area contributed by atoms with Crippen molar-refractivity contribution in [1.82, 2.24) is 0 Å². The summed E-state index contributed by atoms with van der Waals surface area (Å²) < 4.78 is 15.0. The minimum Gasteiger partial charge on any atom is -0.330 e. The molecular formula is C24H52NO4P. The first-order chi connectivity index (χ1) is 14.6. The molecule has 0 aliphatic carbocycles. The van der Waals surface area contributed by atoms with Crippen LogP contribution in [0.5, 0.6) is 0 Å². The van der Waals surface area contributed by atoms with Crippen molar-refractivity contribution < 1.29 is 18.9 Å². The van der Waals surface area contributed by atoms with Gasteiger partial charge in [0.15, 0.2) is 0 Å². The molecule has 6 heteroatoms. The Morgan fingerprint density at radius 1 is 0.467 bits per heavy atom. The highest BCUT2D eigenvalue weighted by Crippen LogP contribution is 2.35. The van der Waals surface area contributed by atoms with Gasteiger partial charge in [0.2, 0.25) is 0 Å². The van der Waals surface area contributed by atoms with Crippen molar-refractivity contribution in [2.45, 2.75) is 141 Å². The third-order valence-corrected chi connectivity index (χ3v) is 6.38. The van der Waals surface area contributed by atoms with Crippen LogP contribution in [-0.4, -0.2) is 22.9 Å². The fraction of sp³-hybridized carbons (Fsp3) is 1.00. The predicted octanol–water partition coefficient (Wildman–Crippen LogP) is 7.64. The van der Waals surface area contributed by atoms with Crippen LogP contribution >= 0.6 is 7.82 Å². The number of unbranched alkanes of at least 4 members (excludes halogenated alkanes) is 21. The summed E-state index contributed by atoms with van der Waals surface area (Å²) in [6.07, 6.45) is 28.9. The van der Waals surface area contributed by atoms with Crippen LogP contribution in [0.15, 0.2) is 0 Å². The summed E-state index contributed by atoms with van der Waals surface area (Å²) >= 11 is 0. The van der Waals surface area contributed by atoms with E-state index < -0.39 is 7.82 Å². The minimum absolute atomic E-state index is 0.167. The van der Waals surface area contributed by atoms with Gasteiger partial charge in [-0.05, 0) is 19.4 Å². The van der Waals surface area contributed by atoms with Crippen molar-refractivity contribution in [2.75, 3.05) is 13.2 Å². The fourth-order valence-electron chi connectivity index (χ4n) is 3.97. The van der Waals surface area contributed by atoms with E-state index in [0.717, 1.165) is 25.8 Å². The highest BCUT2D eigenvalue weighted by atomic mass is 31.2. The van der Waals surface area contributed by atoms with Crippen molar-refractivity contribution in [3.63, 3.8) is 0 Å². The highest BCUT2D eigenvalue weighted by molar-refractivity contribution is 7.46. The molecule has 0 aromatic rings. The average Bonchev–Trinajstić information content (AvgIpc) is 2.70. The predicted molar refractivity (Wildman–Crippen MR) is 129 cm³/mol. The van der Waals surface area contributed by atoms with Crippen LogP contribution in [0.25, 0.3) is 0 Å². The van der Waals surface area contributed by atoms with E-state index in [0.29, 0.717) is 0 Å². The third kappa shape index (κ3) is 28.1. The number of rotatable bonds is 25. The zero-order valence-corrected chi connectivity index (χ0v) is 20.6. The third-order valence-electron chi connectivity index (χ3n) is 5.86. The molecule has 0 aromatic carbocycles. The van der Waals surface area contributed by atoms with Gasteiger partial charge in [-0.3, -0.25) is 4.52 Å². The monoisotopic (exact) mass is 449 g/mol. The molecule has 4 N–H and O–H groups in total. The first-order valence-electron chi connectivity index (χ1n) is 13.0. The average molecular weight is 450 g/mol. The maximum absolute atomic E-state index is 10.5. The number of hydrogen-bond donors (Lipinski definition) is 3. The summed E-state index contributed by atoms with van der Waals surface area (Å²) in [7, 11) is -4.27. The van der Waals surface area contributed by atoms with Gasteiger partial charge in [0.1, 0.15) is 0 Å².